The summed E-state index contributed by atoms with van der Waals surface area (Å²) in [5, 5.41) is 17.1. The first-order chi connectivity index (χ1) is 10.6. The lowest BCUT2D eigenvalue weighted by Crippen LogP contribution is -2.06. The molecule has 22 heavy (non-hydrogen) atoms. The van der Waals surface area contributed by atoms with E-state index < -0.39 is 5.97 Å². The largest absolute Gasteiger partial charge is 0.476 e. The second kappa shape index (κ2) is 5.77. The van der Waals surface area contributed by atoms with E-state index in [0.717, 1.165) is 5.56 Å². The molecule has 2 heterocycles. The van der Waals surface area contributed by atoms with Gasteiger partial charge in [0.15, 0.2) is 5.69 Å². The van der Waals surface area contributed by atoms with E-state index in [9.17, 15) is 9.90 Å². The van der Waals surface area contributed by atoms with Gasteiger partial charge in [-0.2, -0.15) is 0 Å². The fourth-order valence-electron chi connectivity index (χ4n) is 2.22. The summed E-state index contributed by atoms with van der Waals surface area (Å²) in [6.07, 6.45) is 3.24. The molecule has 6 heteroatoms. The van der Waals surface area contributed by atoms with Crippen molar-refractivity contribution < 1.29 is 9.90 Å². The Hall–Kier alpha value is -3.02. The second-order valence-electron chi connectivity index (χ2n) is 4.98. The minimum absolute atomic E-state index is 0.0693. The molecule has 0 radical (unpaired) electrons. The molecule has 0 saturated heterocycles. The van der Waals surface area contributed by atoms with E-state index in [0.29, 0.717) is 17.8 Å². The van der Waals surface area contributed by atoms with Crippen LogP contribution in [-0.4, -0.2) is 31.1 Å². The molecule has 0 bridgehead atoms. The Labute approximate surface area is 127 Å². The van der Waals surface area contributed by atoms with Crippen molar-refractivity contribution in [2.45, 2.75) is 13.5 Å². The number of carboxylic acid groups (broad SMARTS) is 1. The zero-order valence-electron chi connectivity index (χ0n) is 12.0. The van der Waals surface area contributed by atoms with Gasteiger partial charge in [0.25, 0.3) is 0 Å². The van der Waals surface area contributed by atoms with Crippen LogP contribution in [0.2, 0.25) is 0 Å². The Morgan fingerprint density at radius 2 is 2.00 bits per heavy atom. The number of aromatic carboxylic acids is 1. The number of aromatic nitrogens is 4. The number of hydrogen-bond donors (Lipinski definition) is 1. The summed E-state index contributed by atoms with van der Waals surface area (Å²) in [6.45, 7) is 2.47. The lowest BCUT2D eigenvalue weighted by atomic mass is 10.1. The van der Waals surface area contributed by atoms with E-state index in [1.165, 1.54) is 5.56 Å². The molecular weight excluding hydrogens is 280 g/mol. The molecule has 0 amide bonds. The van der Waals surface area contributed by atoms with Crippen LogP contribution >= 0.6 is 0 Å². The van der Waals surface area contributed by atoms with Crippen molar-refractivity contribution >= 4 is 5.97 Å². The minimum atomic E-state index is -1.10. The number of aryl methyl sites for hydroxylation is 1. The quantitative estimate of drug-likeness (QED) is 0.799. The van der Waals surface area contributed by atoms with Gasteiger partial charge >= 0.3 is 5.97 Å². The van der Waals surface area contributed by atoms with E-state index in [-0.39, 0.29) is 5.69 Å². The first-order valence-corrected chi connectivity index (χ1v) is 6.78. The zero-order valence-corrected chi connectivity index (χ0v) is 12.0. The third-order valence-electron chi connectivity index (χ3n) is 3.33. The van der Waals surface area contributed by atoms with Gasteiger partial charge in [0, 0.05) is 18.0 Å². The summed E-state index contributed by atoms with van der Waals surface area (Å²) in [5.41, 5.74) is 3.26. The molecule has 2 aromatic heterocycles. The number of carboxylic acids is 1. The lowest BCUT2D eigenvalue weighted by Gasteiger charge is -2.07. The van der Waals surface area contributed by atoms with Crippen LogP contribution in [0.5, 0.6) is 0 Å². The van der Waals surface area contributed by atoms with Crippen molar-refractivity contribution in [2.24, 2.45) is 0 Å². The van der Waals surface area contributed by atoms with Gasteiger partial charge in [-0.3, -0.25) is 4.98 Å². The SMILES string of the molecule is Cc1ccc(Cn2nnc(C(=O)O)c2-c2cccnc2)cc1. The van der Waals surface area contributed by atoms with Gasteiger partial charge in [-0.15, -0.1) is 5.10 Å². The highest BCUT2D eigenvalue weighted by Crippen LogP contribution is 2.22. The summed E-state index contributed by atoms with van der Waals surface area (Å²) in [4.78, 5) is 15.4. The van der Waals surface area contributed by atoms with Gasteiger partial charge in [0.2, 0.25) is 0 Å². The first kappa shape index (κ1) is 13.9. The van der Waals surface area contributed by atoms with Crippen LogP contribution in [-0.2, 0) is 6.54 Å². The Morgan fingerprint density at radius 3 is 2.64 bits per heavy atom. The van der Waals surface area contributed by atoms with Crippen molar-refractivity contribution in [1.82, 2.24) is 20.0 Å². The maximum Gasteiger partial charge on any atom is 0.358 e. The molecule has 6 nitrogen and oxygen atoms in total. The molecule has 3 rings (SSSR count). The normalized spacial score (nSPS) is 10.6. The maximum atomic E-state index is 11.4. The first-order valence-electron chi connectivity index (χ1n) is 6.78. The molecule has 0 aliphatic heterocycles. The smallest absolute Gasteiger partial charge is 0.358 e. The average molecular weight is 294 g/mol. The summed E-state index contributed by atoms with van der Waals surface area (Å²) >= 11 is 0. The number of nitrogens with zero attached hydrogens (tertiary/aromatic N) is 4. The lowest BCUT2D eigenvalue weighted by molar-refractivity contribution is 0.0691. The summed E-state index contributed by atoms with van der Waals surface area (Å²) < 4.78 is 1.59. The number of hydrogen-bond acceptors (Lipinski definition) is 4. The van der Waals surface area contributed by atoms with E-state index in [4.69, 9.17) is 0 Å². The monoisotopic (exact) mass is 294 g/mol. The van der Waals surface area contributed by atoms with Gasteiger partial charge in [0.05, 0.1) is 6.54 Å². The van der Waals surface area contributed by atoms with Crippen molar-refractivity contribution in [3.05, 3.63) is 65.6 Å². The number of benzene rings is 1. The average Bonchev–Trinajstić information content (AvgIpc) is 2.94. The Morgan fingerprint density at radius 1 is 1.23 bits per heavy atom. The van der Waals surface area contributed by atoms with Crippen molar-refractivity contribution in [2.75, 3.05) is 0 Å². The van der Waals surface area contributed by atoms with Gasteiger partial charge in [-0.1, -0.05) is 35.0 Å². The van der Waals surface area contributed by atoms with Gasteiger partial charge in [-0.25, -0.2) is 9.48 Å². The third kappa shape index (κ3) is 2.71. The van der Waals surface area contributed by atoms with E-state index in [1.807, 2.05) is 31.2 Å². The minimum Gasteiger partial charge on any atom is -0.476 e. The van der Waals surface area contributed by atoms with Crippen molar-refractivity contribution in [3.63, 3.8) is 0 Å². The highest BCUT2D eigenvalue weighted by atomic mass is 16.4. The Balaban J connectivity index is 2.05. The molecule has 0 aliphatic rings. The highest BCUT2D eigenvalue weighted by Gasteiger charge is 2.20. The molecule has 0 spiro atoms. The predicted molar refractivity (Wildman–Crippen MR) is 80.5 cm³/mol. The van der Waals surface area contributed by atoms with Crippen molar-refractivity contribution in [1.29, 1.82) is 0 Å². The van der Waals surface area contributed by atoms with E-state index in [2.05, 4.69) is 15.3 Å². The third-order valence-corrected chi connectivity index (χ3v) is 3.33. The fraction of sp³-hybridized carbons (Fsp3) is 0.125. The summed E-state index contributed by atoms with van der Waals surface area (Å²) in [5.74, 6) is -1.10. The highest BCUT2D eigenvalue weighted by molar-refractivity contribution is 5.92. The van der Waals surface area contributed by atoms with Crippen LogP contribution in [0.3, 0.4) is 0 Å². The Bertz CT molecular complexity index is 795. The molecule has 1 N–H and O–H groups in total. The van der Waals surface area contributed by atoms with Crippen LogP contribution in [0, 0.1) is 6.92 Å². The summed E-state index contributed by atoms with van der Waals surface area (Å²) in [6, 6.07) is 11.5. The Kier molecular flexibility index (Phi) is 3.65. The molecular formula is C16H14N4O2. The molecule has 110 valence electrons. The van der Waals surface area contributed by atoms with Gasteiger partial charge in [0.1, 0.15) is 5.69 Å². The zero-order chi connectivity index (χ0) is 15.5. The maximum absolute atomic E-state index is 11.4. The molecule has 1 aromatic carbocycles. The molecule has 3 aromatic rings. The van der Waals surface area contributed by atoms with E-state index in [1.54, 1.807) is 29.2 Å². The number of carbonyl (C=O) groups is 1. The number of pyridine rings is 1. The van der Waals surface area contributed by atoms with Crippen LogP contribution < -0.4 is 0 Å². The molecule has 0 unspecified atom stereocenters. The van der Waals surface area contributed by atoms with Gasteiger partial charge < -0.3 is 5.11 Å². The molecule has 0 fully saturated rings. The molecule has 0 atom stereocenters. The van der Waals surface area contributed by atoms with Crippen LogP contribution in [0.15, 0.2) is 48.8 Å². The van der Waals surface area contributed by atoms with Crippen LogP contribution in [0.25, 0.3) is 11.3 Å². The fourth-order valence-corrected chi connectivity index (χ4v) is 2.22. The van der Waals surface area contributed by atoms with Crippen molar-refractivity contribution in [3.8, 4) is 11.3 Å². The number of rotatable bonds is 4. The van der Waals surface area contributed by atoms with E-state index >= 15 is 0 Å². The predicted octanol–water partition coefficient (Wildman–Crippen LogP) is 2.40. The molecule has 0 saturated carbocycles. The summed E-state index contributed by atoms with van der Waals surface area (Å²) in [7, 11) is 0. The molecule has 0 aliphatic carbocycles. The van der Waals surface area contributed by atoms with Gasteiger partial charge in [-0.05, 0) is 24.6 Å². The topological polar surface area (TPSA) is 80.9 Å². The standard InChI is InChI=1S/C16H14N4O2/c1-11-4-6-12(7-5-11)10-20-15(13-3-2-8-17-9-13)14(16(21)22)18-19-20/h2-9H,10H2,1H3,(H,21,22). The van der Waals surface area contributed by atoms with Crippen LogP contribution in [0.1, 0.15) is 21.6 Å². The van der Waals surface area contributed by atoms with Crippen LogP contribution in [0.4, 0.5) is 0 Å². The second-order valence-corrected chi connectivity index (χ2v) is 4.98.